The Hall–Kier alpha value is -2.79. The molecule has 1 aliphatic heterocycles. The summed E-state index contributed by atoms with van der Waals surface area (Å²) in [6.07, 6.45) is 1.83. The molecule has 0 bridgehead atoms. The minimum atomic E-state index is -0.230. The Bertz CT molecular complexity index is 1010. The van der Waals surface area contributed by atoms with Crippen LogP contribution in [0.5, 0.6) is 5.75 Å². The third-order valence-corrected chi connectivity index (χ3v) is 4.87. The number of aromatic amines is 1. The van der Waals surface area contributed by atoms with Gasteiger partial charge in [0.2, 0.25) is 0 Å². The van der Waals surface area contributed by atoms with E-state index in [1.165, 1.54) is 0 Å². The number of hydrogen-bond donors (Lipinski definition) is 2. The van der Waals surface area contributed by atoms with E-state index in [-0.39, 0.29) is 24.5 Å². The number of para-hydroxylation sites is 2. The number of nitrogens with one attached hydrogen (secondary N) is 2. The first kappa shape index (κ1) is 17.6. The number of carbonyl (C=O) groups excluding carboxylic acids is 1. The van der Waals surface area contributed by atoms with Crippen LogP contribution in [0.25, 0.3) is 17.1 Å². The summed E-state index contributed by atoms with van der Waals surface area (Å²) in [5.74, 6) is 1.48. The molecule has 6 heteroatoms. The molecular weight excluding hydrogens is 362 g/mol. The van der Waals surface area contributed by atoms with Crippen molar-refractivity contribution in [3.05, 3.63) is 64.4 Å². The molecule has 2 N–H and O–H groups in total. The molecule has 0 saturated heterocycles. The molecule has 0 radical (unpaired) electrons. The number of nitrogens with zero attached hydrogens (tertiary/aromatic N) is 1. The van der Waals surface area contributed by atoms with Crippen molar-refractivity contribution in [1.82, 2.24) is 15.3 Å². The average Bonchev–Trinajstić information content (AvgIpc) is 3.08. The fourth-order valence-electron chi connectivity index (χ4n) is 3.18. The van der Waals surface area contributed by atoms with Gasteiger partial charge in [-0.05, 0) is 42.3 Å². The molecule has 4 rings (SSSR count). The molecule has 138 valence electrons. The first-order valence-electron chi connectivity index (χ1n) is 8.89. The summed E-state index contributed by atoms with van der Waals surface area (Å²) in [4.78, 5) is 20.8. The molecule has 0 unspecified atom stereocenters. The van der Waals surface area contributed by atoms with Gasteiger partial charge in [-0.25, -0.2) is 4.98 Å². The molecule has 5 nitrogen and oxygen atoms in total. The largest absolute Gasteiger partial charge is 0.488 e. The number of H-pyrrole nitrogens is 1. The number of fused-ring (bicyclic) bond motifs is 2. The van der Waals surface area contributed by atoms with Gasteiger partial charge in [-0.15, -0.1) is 0 Å². The quantitative estimate of drug-likeness (QED) is 0.698. The van der Waals surface area contributed by atoms with E-state index in [0.717, 1.165) is 28.2 Å². The second-order valence-electron chi connectivity index (χ2n) is 6.97. The van der Waals surface area contributed by atoms with Crippen LogP contribution in [-0.2, 0) is 4.79 Å². The molecule has 2 aromatic carbocycles. The second kappa shape index (κ2) is 7.08. The van der Waals surface area contributed by atoms with Crippen LogP contribution < -0.4 is 10.1 Å². The molecule has 1 aliphatic rings. The van der Waals surface area contributed by atoms with Gasteiger partial charge in [0.15, 0.2) is 0 Å². The summed E-state index contributed by atoms with van der Waals surface area (Å²) in [5, 5.41) is 3.70. The van der Waals surface area contributed by atoms with Crippen molar-refractivity contribution >= 4 is 34.6 Å². The van der Waals surface area contributed by atoms with Gasteiger partial charge in [0.1, 0.15) is 18.2 Å². The number of ether oxygens (including phenoxy) is 1. The van der Waals surface area contributed by atoms with Crippen molar-refractivity contribution in [3.8, 4) is 5.75 Å². The minimum absolute atomic E-state index is 0.167. The van der Waals surface area contributed by atoms with Crippen LogP contribution >= 0.6 is 11.6 Å². The highest BCUT2D eigenvalue weighted by Crippen LogP contribution is 2.30. The lowest BCUT2D eigenvalue weighted by Crippen LogP contribution is -2.35. The molecule has 27 heavy (non-hydrogen) atoms. The molecule has 3 aromatic rings. The first-order valence-corrected chi connectivity index (χ1v) is 9.27. The van der Waals surface area contributed by atoms with Crippen LogP contribution in [0.1, 0.15) is 31.3 Å². The van der Waals surface area contributed by atoms with Gasteiger partial charge < -0.3 is 15.0 Å². The maximum absolute atomic E-state index is 12.9. The Labute approximate surface area is 162 Å². The third-order valence-electron chi connectivity index (χ3n) is 4.63. The lowest BCUT2D eigenvalue weighted by molar-refractivity contribution is -0.118. The Kier molecular flexibility index (Phi) is 4.62. The summed E-state index contributed by atoms with van der Waals surface area (Å²) in [6.45, 7) is 4.34. The molecule has 2 heterocycles. The van der Waals surface area contributed by atoms with Gasteiger partial charge in [0, 0.05) is 10.6 Å². The monoisotopic (exact) mass is 381 g/mol. The predicted octanol–water partition coefficient (Wildman–Crippen LogP) is 4.51. The number of aromatic nitrogens is 2. The van der Waals surface area contributed by atoms with Crippen molar-refractivity contribution in [2.45, 2.75) is 19.9 Å². The van der Waals surface area contributed by atoms with Crippen LogP contribution in [0.15, 0.2) is 48.0 Å². The molecule has 0 aliphatic carbocycles. The molecule has 0 spiro atoms. The van der Waals surface area contributed by atoms with Crippen LogP contribution in [0.2, 0.25) is 5.02 Å². The predicted molar refractivity (Wildman–Crippen MR) is 107 cm³/mol. The Morgan fingerprint density at radius 2 is 2.07 bits per heavy atom. The molecule has 1 amide bonds. The number of rotatable bonds is 4. The van der Waals surface area contributed by atoms with Crippen molar-refractivity contribution in [3.63, 3.8) is 0 Å². The van der Waals surface area contributed by atoms with Crippen molar-refractivity contribution < 1.29 is 9.53 Å². The van der Waals surface area contributed by atoms with Gasteiger partial charge in [-0.3, -0.25) is 4.79 Å². The van der Waals surface area contributed by atoms with E-state index in [2.05, 4.69) is 29.1 Å². The molecule has 1 aromatic heterocycles. The summed E-state index contributed by atoms with van der Waals surface area (Å²) in [5.41, 5.74) is 3.21. The van der Waals surface area contributed by atoms with E-state index in [4.69, 9.17) is 16.3 Å². The van der Waals surface area contributed by atoms with E-state index >= 15 is 0 Å². The minimum Gasteiger partial charge on any atom is -0.488 e. The number of amides is 1. The number of carbonyl (C=O) groups is 1. The fraction of sp³-hybridized carbons (Fsp3) is 0.238. The molecule has 0 saturated carbocycles. The van der Waals surface area contributed by atoms with Gasteiger partial charge >= 0.3 is 0 Å². The number of imidazole rings is 1. The Morgan fingerprint density at radius 3 is 2.85 bits per heavy atom. The first-order chi connectivity index (χ1) is 13.0. The van der Waals surface area contributed by atoms with Gasteiger partial charge in [-0.1, -0.05) is 37.6 Å². The molecule has 0 fully saturated rings. The molecular formula is C21H20ClN3O2. The van der Waals surface area contributed by atoms with Crippen molar-refractivity contribution in [2.24, 2.45) is 5.92 Å². The highest BCUT2D eigenvalue weighted by molar-refractivity contribution is 6.30. The maximum Gasteiger partial charge on any atom is 0.251 e. The van der Waals surface area contributed by atoms with Crippen LogP contribution in [0.4, 0.5) is 0 Å². The normalized spacial score (nSPS) is 14.4. The lowest BCUT2D eigenvalue weighted by atomic mass is 10.0. The van der Waals surface area contributed by atoms with E-state index in [1.54, 1.807) is 12.1 Å². The summed E-state index contributed by atoms with van der Waals surface area (Å²) in [6, 6.07) is 13.0. The maximum atomic E-state index is 12.9. The smallest absolute Gasteiger partial charge is 0.251 e. The third kappa shape index (κ3) is 3.55. The standard InChI is InChI=1S/C21H20ClN3O2/c1-12(2)19(20-23-16-5-3-4-6-17(16)24-20)25-21(26)14-9-13-10-15(22)7-8-18(13)27-11-14/h3-10,12,19H,11H2,1-2H3,(H,23,24)(H,25,26)/t19-/m0/s1. The van der Waals surface area contributed by atoms with E-state index < -0.39 is 0 Å². The summed E-state index contributed by atoms with van der Waals surface area (Å²) in [7, 11) is 0. The number of hydrogen-bond acceptors (Lipinski definition) is 3. The number of benzene rings is 2. The van der Waals surface area contributed by atoms with Crippen LogP contribution in [-0.4, -0.2) is 22.5 Å². The Balaban J connectivity index is 1.59. The van der Waals surface area contributed by atoms with Crippen molar-refractivity contribution in [1.29, 1.82) is 0 Å². The molecule has 1 atom stereocenters. The van der Waals surface area contributed by atoms with Gasteiger partial charge in [0.05, 0.1) is 22.6 Å². The summed E-state index contributed by atoms with van der Waals surface area (Å²) >= 11 is 6.05. The van der Waals surface area contributed by atoms with Crippen LogP contribution in [0.3, 0.4) is 0 Å². The second-order valence-corrected chi connectivity index (χ2v) is 7.41. The van der Waals surface area contributed by atoms with Gasteiger partial charge in [0.25, 0.3) is 5.91 Å². The average molecular weight is 382 g/mol. The van der Waals surface area contributed by atoms with E-state index in [0.29, 0.717) is 10.6 Å². The van der Waals surface area contributed by atoms with E-state index in [9.17, 15) is 4.79 Å². The summed E-state index contributed by atoms with van der Waals surface area (Å²) < 4.78 is 5.70. The SMILES string of the molecule is CC(C)[C@H](NC(=O)C1=Cc2cc(Cl)ccc2OC1)c1nc2ccccc2[nH]1. The van der Waals surface area contributed by atoms with E-state index in [1.807, 2.05) is 36.4 Å². The number of halogens is 1. The van der Waals surface area contributed by atoms with Crippen molar-refractivity contribution in [2.75, 3.05) is 6.61 Å². The highest BCUT2D eigenvalue weighted by atomic mass is 35.5. The fourth-order valence-corrected chi connectivity index (χ4v) is 3.36. The van der Waals surface area contributed by atoms with Gasteiger partial charge in [-0.2, -0.15) is 0 Å². The highest BCUT2D eigenvalue weighted by Gasteiger charge is 2.25. The zero-order chi connectivity index (χ0) is 19.0. The Morgan fingerprint density at radius 1 is 1.26 bits per heavy atom. The topological polar surface area (TPSA) is 67.0 Å². The zero-order valence-corrected chi connectivity index (χ0v) is 15.9. The lowest BCUT2D eigenvalue weighted by Gasteiger charge is -2.23. The van der Waals surface area contributed by atoms with Crippen LogP contribution in [0, 0.1) is 5.92 Å². The zero-order valence-electron chi connectivity index (χ0n) is 15.1.